The summed E-state index contributed by atoms with van der Waals surface area (Å²) in [6.07, 6.45) is 0. The molecular formula is C20H20N2O5. The molecule has 7 heteroatoms. The van der Waals surface area contributed by atoms with Crippen LogP contribution in [0, 0.1) is 0 Å². The van der Waals surface area contributed by atoms with E-state index in [-0.39, 0.29) is 30.7 Å². The third-order valence-corrected chi connectivity index (χ3v) is 4.15. The summed E-state index contributed by atoms with van der Waals surface area (Å²) in [5.41, 5.74) is 4.59. The van der Waals surface area contributed by atoms with E-state index in [2.05, 4.69) is 5.48 Å². The quantitative estimate of drug-likeness (QED) is 0.625. The molecule has 0 unspecified atom stereocenters. The topological polar surface area (TPSA) is 84.9 Å². The van der Waals surface area contributed by atoms with Crippen molar-refractivity contribution in [2.45, 2.75) is 20.4 Å². The first kappa shape index (κ1) is 18.6. The van der Waals surface area contributed by atoms with E-state index in [1.54, 1.807) is 48.2 Å². The highest BCUT2D eigenvalue weighted by atomic mass is 16.6. The number of hydroxylamine groups is 1. The van der Waals surface area contributed by atoms with Crippen LogP contribution in [0.2, 0.25) is 0 Å². The predicted molar refractivity (Wildman–Crippen MR) is 98.7 cm³/mol. The standard InChI is InChI=1S/C20H20N2O5/c1-3-27-21-20(25)16-6-4-5-14(9-16)11-22-17-10-15(13(2)23)7-8-18(17)26-12-19(22)24/h4-10H,3,11-12H2,1-2H3,(H,21,25). The highest BCUT2D eigenvalue weighted by Crippen LogP contribution is 2.34. The first-order valence-corrected chi connectivity index (χ1v) is 8.59. The SMILES string of the molecule is CCONC(=O)c1cccc(CN2C(=O)COc3ccc(C(C)=O)cc32)c1. The fourth-order valence-electron chi connectivity index (χ4n) is 2.78. The number of Topliss-reactive ketones (excluding diaryl/α,β-unsaturated/α-hetero) is 1. The van der Waals surface area contributed by atoms with Crippen molar-refractivity contribution in [3.05, 3.63) is 59.2 Å². The van der Waals surface area contributed by atoms with Gasteiger partial charge in [0.15, 0.2) is 12.4 Å². The van der Waals surface area contributed by atoms with Crippen molar-refractivity contribution in [1.29, 1.82) is 0 Å². The van der Waals surface area contributed by atoms with Crippen LogP contribution in [-0.2, 0) is 16.2 Å². The molecule has 140 valence electrons. The van der Waals surface area contributed by atoms with Gasteiger partial charge < -0.3 is 9.64 Å². The van der Waals surface area contributed by atoms with E-state index in [9.17, 15) is 14.4 Å². The largest absolute Gasteiger partial charge is 0.482 e. The Hall–Kier alpha value is -3.19. The van der Waals surface area contributed by atoms with Crippen LogP contribution in [0.4, 0.5) is 5.69 Å². The van der Waals surface area contributed by atoms with Gasteiger partial charge in [-0.05, 0) is 49.7 Å². The average Bonchev–Trinajstić information content (AvgIpc) is 2.68. The first-order chi connectivity index (χ1) is 13.0. The zero-order valence-corrected chi connectivity index (χ0v) is 15.2. The molecule has 0 bridgehead atoms. The molecule has 1 aliphatic heterocycles. The number of hydrogen-bond acceptors (Lipinski definition) is 5. The first-order valence-electron chi connectivity index (χ1n) is 8.59. The van der Waals surface area contributed by atoms with Crippen LogP contribution in [0.15, 0.2) is 42.5 Å². The third kappa shape index (κ3) is 4.15. The molecule has 0 radical (unpaired) electrons. The summed E-state index contributed by atoms with van der Waals surface area (Å²) < 4.78 is 5.46. The summed E-state index contributed by atoms with van der Waals surface area (Å²) in [5.74, 6) is -0.117. The highest BCUT2D eigenvalue weighted by molar-refractivity contribution is 6.01. The van der Waals surface area contributed by atoms with E-state index in [1.165, 1.54) is 6.92 Å². The van der Waals surface area contributed by atoms with Gasteiger partial charge in [-0.2, -0.15) is 0 Å². The van der Waals surface area contributed by atoms with E-state index in [4.69, 9.17) is 9.57 Å². The minimum absolute atomic E-state index is 0.0725. The van der Waals surface area contributed by atoms with E-state index >= 15 is 0 Å². The van der Waals surface area contributed by atoms with Crippen molar-refractivity contribution in [2.24, 2.45) is 0 Å². The molecule has 2 amide bonds. The van der Waals surface area contributed by atoms with Crippen molar-refractivity contribution < 1.29 is 24.0 Å². The number of hydrogen-bond donors (Lipinski definition) is 1. The number of benzene rings is 2. The van der Waals surface area contributed by atoms with Gasteiger partial charge in [-0.15, -0.1) is 0 Å². The summed E-state index contributed by atoms with van der Waals surface area (Å²) in [7, 11) is 0. The summed E-state index contributed by atoms with van der Waals surface area (Å²) in [5, 5.41) is 0. The van der Waals surface area contributed by atoms with Gasteiger partial charge in [0.1, 0.15) is 5.75 Å². The van der Waals surface area contributed by atoms with E-state index in [0.29, 0.717) is 29.2 Å². The van der Waals surface area contributed by atoms with Crippen molar-refractivity contribution >= 4 is 23.3 Å². The lowest BCUT2D eigenvalue weighted by atomic mass is 10.1. The Kier molecular flexibility index (Phi) is 5.52. The molecule has 1 aliphatic rings. The summed E-state index contributed by atoms with van der Waals surface area (Å²) in [4.78, 5) is 42.6. The van der Waals surface area contributed by atoms with Crippen LogP contribution < -0.4 is 15.1 Å². The number of anilines is 1. The molecule has 1 N–H and O–H groups in total. The fraction of sp³-hybridized carbons (Fsp3) is 0.250. The van der Waals surface area contributed by atoms with Crippen molar-refractivity contribution in [3.63, 3.8) is 0 Å². The van der Waals surface area contributed by atoms with Crippen molar-refractivity contribution in [3.8, 4) is 5.75 Å². The molecule has 0 aromatic heterocycles. The van der Waals surface area contributed by atoms with Crippen LogP contribution in [0.3, 0.4) is 0 Å². The second-order valence-electron chi connectivity index (χ2n) is 6.07. The zero-order valence-electron chi connectivity index (χ0n) is 15.2. The molecule has 27 heavy (non-hydrogen) atoms. The van der Waals surface area contributed by atoms with Crippen molar-refractivity contribution in [2.75, 3.05) is 18.1 Å². The highest BCUT2D eigenvalue weighted by Gasteiger charge is 2.26. The van der Waals surface area contributed by atoms with Gasteiger partial charge >= 0.3 is 0 Å². The maximum Gasteiger partial charge on any atom is 0.274 e. The molecule has 3 rings (SSSR count). The summed E-state index contributed by atoms with van der Waals surface area (Å²) >= 11 is 0. The maximum atomic E-state index is 12.4. The third-order valence-electron chi connectivity index (χ3n) is 4.15. The average molecular weight is 368 g/mol. The molecule has 0 fully saturated rings. The lowest BCUT2D eigenvalue weighted by Gasteiger charge is -2.30. The number of ether oxygens (including phenoxy) is 1. The molecular weight excluding hydrogens is 348 g/mol. The van der Waals surface area contributed by atoms with Crippen LogP contribution >= 0.6 is 0 Å². The molecule has 2 aromatic rings. The van der Waals surface area contributed by atoms with Gasteiger partial charge in [0, 0.05) is 11.1 Å². The van der Waals surface area contributed by atoms with E-state index in [1.807, 2.05) is 6.07 Å². The molecule has 0 aliphatic carbocycles. The van der Waals surface area contributed by atoms with Crippen LogP contribution in [-0.4, -0.2) is 30.8 Å². The van der Waals surface area contributed by atoms with Gasteiger partial charge in [0.05, 0.1) is 18.8 Å². The molecule has 0 atom stereocenters. The molecule has 0 saturated carbocycles. The maximum absolute atomic E-state index is 12.4. The molecule has 2 aromatic carbocycles. The number of nitrogens with one attached hydrogen (secondary N) is 1. The van der Waals surface area contributed by atoms with Crippen molar-refractivity contribution in [1.82, 2.24) is 5.48 Å². The van der Waals surface area contributed by atoms with Gasteiger partial charge in [-0.3, -0.25) is 19.2 Å². The smallest absolute Gasteiger partial charge is 0.274 e. The Labute approximate surface area is 156 Å². The minimum Gasteiger partial charge on any atom is -0.482 e. The number of fused-ring (bicyclic) bond motifs is 1. The number of carbonyl (C=O) groups excluding carboxylic acids is 3. The van der Waals surface area contributed by atoms with Crippen LogP contribution in [0.25, 0.3) is 0 Å². The van der Waals surface area contributed by atoms with E-state index < -0.39 is 0 Å². The van der Waals surface area contributed by atoms with Crippen LogP contribution in [0.1, 0.15) is 40.1 Å². The molecule has 0 spiro atoms. The number of ketones is 1. The second-order valence-corrected chi connectivity index (χ2v) is 6.07. The lowest BCUT2D eigenvalue weighted by Crippen LogP contribution is -2.38. The van der Waals surface area contributed by atoms with Gasteiger partial charge in [-0.25, -0.2) is 5.48 Å². The number of rotatable bonds is 6. The minimum atomic E-state index is -0.355. The molecule has 1 heterocycles. The Balaban J connectivity index is 1.88. The van der Waals surface area contributed by atoms with Gasteiger partial charge in [-0.1, -0.05) is 12.1 Å². The number of nitrogens with zero attached hydrogens (tertiary/aromatic N) is 1. The fourth-order valence-corrected chi connectivity index (χ4v) is 2.78. The normalized spacial score (nSPS) is 13.0. The lowest BCUT2D eigenvalue weighted by molar-refractivity contribution is -0.121. The number of carbonyl (C=O) groups is 3. The Morgan fingerprint density at radius 3 is 2.74 bits per heavy atom. The Bertz CT molecular complexity index is 894. The summed E-state index contributed by atoms with van der Waals surface area (Å²) in [6, 6.07) is 12.0. The molecule has 7 nitrogen and oxygen atoms in total. The van der Waals surface area contributed by atoms with Gasteiger partial charge in [0.25, 0.3) is 11.8 Å². The zero-order chi connectivity index (χ0) is 19.4. The second kappa shape index (κ2) is 8.01. The number of amides is 2. The Morgan fingerprint density at radius 1 is 1.19 bits per heavy atom. The van der Waals surface area contributed by atoms with E-state index in [0.717, 1.165) is 5.56 Å². The predicted octanol–water partition coefficient (Wildman–Crippen LogP) is 2.50. The monoisotopic (exact) mass is 368 g/mol. The Morgan fingerprint density at radius 2 is 2.00 bits per heavy atom. The summed E-state index contributed by atoms with van der Waals surface area (Å²) in [6.45, 7) is 3.79. The van der Waals surface area contributed by atoms with Gasteiger partial charge in [0.2, 0.25) is 0 Å². The van der Waals surface area contributed by atoms with Crippen LogP contribution in [0.5, 0.6) is 5.75 Å². The molecule has 0 saturated heterocycles.